The quantitative estimate of drug-likeness (QED) is 0.711. The van der Waals surface area contributed by atoms with Crippen LogP contribution in [0, 0.1) is 13.8 Å². The highest BCUT2D eigenvalue weighted by Gasteiger charge is 2.46. The molecule has 176 valence electrons. The second kappa shape index (κ2) is 9.56. The van der Waals surface area contributed by atoms with Gasteiger partial charge in [-0.1, -0.05) is 47.5 Å². The minimum absolute atomic E-state index is 0.00749. The van der Waals surface area contributed by atoms with Gasteiger partial charge in [-0.2, -0.15) is 0 Å². The number of ether oxygens (including phenoxy) is 2. The maximum atomic E-state index is 14.2. The van der Waals surface area contributed by atoms with Crippen molar-refractivity contribution in [3.05, 3.63) is 64.7 Å². The number of methoxy groups -OCH3 is 1. The van der Waals surface area contributed by atoms with E-state index in [4.69, 9.17) is 9.47 Å². The molecule has 2 fully saturated rings. The van der Waals surface area contributed by atoms with Gasteiger partial charge in [0.25, 0.3) is 0 Å². The third-order valence-electron chi connectivity index (χ3n) is 7.10. The molecule has 2 heterocycles. The predicted molar refractivity (Wildman–Crippen MR) is 127 cm³/mol. The van der Waals surface area contributed by atoms with E-state index >= 15 is 0 Å². The van der Waals surface area contributed by atoms with E-state index in [0.29, 0.717) is 45.7 Å². The van der Waals surface area contributed by atoms with Gasteiger partial charge in [0.05, 0.1) is 18.6 Å². The van der Waals surface area contributed by atoms with Crippen molar-refractivity contribution in [1.29, 1.82) is 0 Å². The van der Waals surface area contributed by atoms with E-state index in [2.05, 4.69) is 32.0 Å². The van der Waals surface area contributed by atoms with Crippen molar-refractivity contribution in [3.8, 4) is 5.75 Å². The standard InChI is InChI=1S/C27H34N2O4/c1-19-15-20(2)17-22(16-19)27(9-13-33-14-10-27)26(31)28-11-12-29(21(3)30)24(18-28)23-7-5-6-8-25(23)32-4/h5-8,15-17,24H,9-14,18H2,1-4H3/t24-/m0/s1. The van der Waals surface area contributed by atoms with Crippen LogP contribution in [0.2, 0.25) is 0 Å². The summed E-state index contributed by atoms with van der Waals surface area (Å²) >= 11 is 0. The third-order valence-corrected chi connectivity index (χ3v) is 7.10. The predicted octanol–water partition coefficient (Wildman–Crippen LogP) is 3.79. The Labute approximate surface area is 196 Å². The molecule has 0 N–H and O–H groups in total. The Balaban J connectivity index is 1.71. The molecule has 0 radical (unpaired) electrons. The Morgan fingerprint density at radius 1 is 1.03 bits per heavy atom. The summed E-state index contributed by atoms with van der Waals surface area (Å²) in [6.45, 7) is 8.38. The lowest BCUT2D eigenvalue weighted by Crippen LogP contribution is -2.57. The number of rotatable bonds is 4. The number of hydrogen-bond donors (Lipinski definition) is 0. The van der Waals surface area contributed by atoms with Crippen molar-refractivity contribution in [2.75, 3.05) is 40.0 Å². The molecule has 6 heteroatoms. The maximum absolute atomic E-state index is 14.2. The van der Waals surface area contributed by atoms with Crippen LogP contribution in [0.3, 0.4) is 0 Å². The van der Waals surface area contributed by atoms with Gasteiger partial charge in [-0.15, -0.1) is 0 Å². The molecule has 0 unspecified atom stereocenters. The third kappa shape index (κ3) is 4.49. The number of amides is 2. The summed E-state index contributed by atoms with van der Waals surface area (Å²) in [6.07, 6.45) is 1.34. The van der Waals surface area contributed by atoms with E-state index < -0.39 is 5.41 Å². The fraction of sp³-hybridized carbons (Fsp3) is 0.481. The lowest BCUT2D eigenvalue weighted by atomic mass is 9.72. The van der Waals surface area contributed by atoms with Gasteiger partial charge >= 0.3 is 0 Å². The van der Waals surface area contributed by atoms with Gasteiger partial charge in [-0.25, -0.2) is 0 Å². The van der Waals surface area contributed by atoms with Crippen molar-refractivity contribution < 1.29 is 19.1 Å². The molecule has 2 aliphatic rings. The number of benzene rings is 2. The first-order valence-electron chi connectivity index (χ1n) is 11.7. The highest BCUT2D eigenvalue weighted by Crippen LogP contribution is 2.40. The zero-order valence-corrected chi connectivity index (χ0v) is 20.1. The van der Waals surface area contributed by atoms with Crippen LogP contribution in [0.4, 0.5) is 0 Å². The first-order chi connectivity index (χ1) is 15.9. The minimum atomic E-state index is -0.598. The van der Waals surface area contributed by atoms with Crippen LogP contribution in [0.5, 0.6) is 5.75 Å². The molecule has 0 bridgehead atoms. The summed E-state index contributed by atoms with van der Waals surface area (Å²) in [4.78, 5) is 30.5. The summed E-state index contributed by atoms with van der Waals surface area (Å²) in [5.74, 6) is 0.880. The maximum Gasteiger partial charge on any atom is 0.233 e. The monoisotopic (exact) mass is 450 g/mol. The Bertz CT molecular complexity index is 1010. The largest absolute Gasteiger partial charge is 0.496 e. The lowest BCUT2D eigenvalue weighted by Gasteiger charge is -2.46. The second-order valence-electron chi connectivity index (χ2n) is 9.29. The van der Waals surface area contributed by atoms with Gasteiger partial charge < -0.3 is 19.3 Å². The number of aryl methyl sites for hydroxylation is 2. The molecule has 2 aliphatic heterocycles. The van der Waals surface area contributed by atoms with E-state index in [1.165, 1.54) is 0 Å². The molecule has 0 aromatic heterocycles. The molecule has 0 aliphatic carbocycles. The topological polar surface area (TPSA) is 59.1 Å². The van der Waals surface area contributed by atoms with E-state index in [9.17, 15) is 9.59 Å². The van der Waals surface area contributed by atoms with Crippen molar-refractivity contribution in [3.63, 3.8) is 0 Å². The summed E-state index contributed by atoms with van der Waals surface area (Å²) in [5, 5.41) is 0. The Kier molecular flexibility index (Phi) is 6.75. The average Bonchev–Trinajstić information content (AvgIpc) is 2.83. The fourth-order valence-corrected chi connectivity index (χ4v) is 5.45. The number of carbonyl (C=O) groups is 2. The number of para-hydroxylation sites is 1. The second-order valence-corrected chi connectivity index (χ2v) is 9.29. The minimum Gasteiger partial charge on any atom is -0.496 e. The van der Waals surface area contributed by atoms with Crippen LogP contribution in [0.1, 0.15) is 48.1 Å². The summed E-state index contributed by atoms with van der Waals surface area (Å²) in [6, 6.07) is 14.0. The highest BCUT2D eigenvalue weighted by molar-refractivity contribution is 5.89. The van der Waals surface area contributed by atoms with Crippen LogP contribution >= 0.6 is 0 Å². The van der Waals surface area contributed by atoms with Crippen LogP contribution < -0.4 is 4.74 Å². The molecule has 6 nitrogen and oxygen atoms in total. The van der Waals surface area contributed by atoms with E-state index in [1.807, 2.05) is 34.1 Å². The Hall–Kier alpha value is -2.86. The van der Waals surface area contributed by atoms with E-state index in [-0.39, 0.29) is 17.9 Å². The van der Waals surface area contributed by atoms with Gasteiger partial charge in [0.1, 0.15) is 5.75 Å². The Morgan fingerprint density at radius 2 is 1.70 bits per heavy atom. The molecule has 2 aromatic carbocycles. The molecule has 0 saturated carbocycles. The lowest BCUT2D eigenvalue weighted by molar-refractivity contribution is -0.148. The van der Waals surface area contributed by atoms with Crippen LogP contribution in [-0.2, 0) is 19.7 Å². The summed E-state index contributed by atoms with van der Waals surface area (Å²) in [7, 11) is 1.64. The number of piperazine rings is 1. The van der Waals surface area contributed by atoms with Gasteiger partial charge in [-0.05, 0) is 38.3 Å². The number of hydrogen-bond acceptors (Lipinski definition) is 4. The van der Waals surface area contributed by atoms with Crippen LogP contribution in [0.25, 0.3) is 0 Å². The summed E-state index contributed by atoms with van der Waals surface area (Å²) < 4.78 is 11.3. The summed E-state index contributed by atoms with van der Waals surface area (Å²) in [5.41, 5.74) is 3.74. The first-order valence-corrected chi connectivity index (χ1v) is 11.7. The van der Waals surface area contributed by atoms with Crippen molar-refractivity contribution >= 4 is 11.8 Å². The average molecular weight is 451 g/mol. The molecule has 2 amide bonds. The molecular weight excluding hydrogens is 416 g/mol. The first kappa shape index (κ1) is 23.3. The molecular formula is C27H34N2O4. The smallest absolute Gasteiger partial charge is 0.233 e. The van der Waals surface area contributed by atoms with Crippen LogP contribution in [-0.4, -0.2) is 61.6 Å². The van der Waals surface area contributed by atoms with Gasteiger partial charge in [0.15, 0.2) is 0 Å². The highest BCUT2D eigenvalue weighted by atomic mass is 16.5. The van der Waals surface area contributed by atoms with E-state index in [0.717, 1.165) is 28.0 Å². The van der Waals surface area contributed by atoms with Crippen LogP contribution in [0.15, 0.2) is 42.5 Å². The molecule has 33 heavy (non-hydrogen) atoms. The molecule has 2 saturated heterocycles. The van der Waals surface area contributed by atoms with Crippen molar-refractivity contribution in [1.82, 2.24) is 9.80 Å². The van der Waals surface area contributed by atoms with Gasteiger partial charge in [0.2, 0.25) is 11.8 Å². The molecule has 1 atom stereocenters. The number of nitrogens with zero attached hydrogens (tertiary/aromatic N) is 2. The fourth-order valence-electron chi connectivity index (χ4n) is 5.45. The number of carbonyl (C=O) groups excluding carboxylic acids is 2. The van der Waals surface area contributed by atoms with Gasteiger partial charge in [-0.3, -0.25) is 9.59 Å². The zero-order valence-electron chi connectivity index (χ0n) is 20.1. The Morgan fingerprint density at radius 3 is 2.33 bits per heavy atom. The molecule has 2 aromatic rings. The van der Waals surface area contributed by atoms with Crippen molar-refractivity contribution in [2.24, 2.45) is 0 Å². The van der Waals surface area contributed by atoms with Crippen molar-refractivity contribution in [2.45, 2.75) is 45.1 Å². The van der Waals surface area contributed by atoms with Gasteiger partial charge in [0, 0.05) is 45.3 Å². The normalized spacial score (nSPS) is 20.4. The van der Waals surface area contributed by atoms with E-state index in [1.54, 1.807) is 14.0 Å². The molecule has 0 spiro atoms. The molecule has 4 rings (SSSR count). The SMILES string of the molecule is COc1ccccc1[C@@H]1CN(C(=O)C2(c3cc(C)cc(C)c3)CCOCC2)CCN1C(C)=O. The zero-order chi connectivity index (χ0) is 23.6.